The summed E-state index contributed by atoms with van der Waals surface area (Å²) in [6, 6.07) is 0. The van der Waals surface area contributed by atoms with Crippen LogP contribution >= 0.6 is 0 Å². The molecular weight excluding hydrogens is 340 g/mol. The van der Waals surface area contributed by atoms with Crippen molar-refractivity contribution in [3.05, 3.63) is 0 Å². The maximum Gasteiger partial charge on any atom is 0.136 e. The van der Waals surface area contributed by atoms with E-state index in [1.807, 2.05) is 0 Å². The summed E-state index contributed by atoms with van der Waals surface area (Å²) in [5, 5.41) is 0. The second-order valence-corrected chi connectivity index (χ2v) is 12.4. The maximum atomic E-state index is 13.2. The molecule has 0 saturated heterocycles. The van der Waals surface area contributed by atoms with E-state index in [0.29, 0.717) is 28.4 Å². The molecule has 1 nitrogen and oxygen atoms in total. The van der Waals surface area contributed by atoms with E-state index < -0.39 is 0 Å². The molecule has 0 amide bonds. The van der Waals surface area contributed by atoms with E-state index in [9.17, 15) is 4.79 Å². The Bertz CT molecular complexity index is 579. The number of carbonyl (C=O) groups is 1. The molecule has 0 heterocycles. The van der Waals surface area contributed by atoms with Gasteiger partial charge in [0.1, 0.15) is 5.78 Å². The minimum atomic E-state index is 0.334. The standard InChI is InChI=1S/C27H46O/c1-18(2)9-8-10-19(3)21-12-13-22-20-17-25(28)24-11-6-7-15-26(24,4)23(20)14-16-27(21,22)5/h18-24H,6-17H2,1-5H3/t19?,20-,21+,22-,23-,24?,26+,27+/m0/s1. The highest BCUT2D eigenvalue weighted by Gasteiger charge is 2.61. The number of rotatable bonds is 5. The quantitative estimate of drug-likeness (QED) is 0.473. The van der Waals surface area contributed by atoms with Gasteiger partial charge in [-0.05, 0) is 84.9 Å². The summed E-state index contributed by atoms with van der Waals surface area (Å²) >= 11 is 0. The van der Waals surface area contributed by atoms with Gasteiger partial charge >= 0.3 is 0 Å². The van der Waals surface area contributed by atoms with Gasteiger partial charge < -0.3 is 0 Å². The van der Waals surface area contributed by atoms with Gasteiger partial charge in [-0.25, -0.2) is 0 Å². The molecule has 160 valence electrons. The summed E-state index contributed by atoms with van der Waals surface area (Å²) in [4.78, 5) is 13.2. The second-order valence-electron chi connectivity index (χ2n) is 12.4. The van der Waals surface area contributed by atoms with Gasteiger partial charge in [0.25, 0.3) is 0 Å². The molecule has 1 heteroatoms. The summed E-state index contributed by atoms with van der Waals surface area (Å²) in [7, 11) is 0. The predicted octanol–water partition coefficient (Wildman–Crippen LogP) is 7.68. The van der Waals surface area contributed by atoms with Gasteiger partial charge in [0.2, 0.25) is 0 Å². The molecule has 0 spiro atoms. The van der Waals surface area contributed by atoms with E-state index in [4.69, 9.17) is 0 Å². The van der Waals surface area contributed by atoms with Crippen molar-refractivity contribution in [3.63, 3.8) is 0 Å². The van der Waals surface area contributed by atoms with Crippen molar-refractivity contribution >= 4 is 5.78 Å². The Balaban J connectivity index is 1.50. The zero-order valence-corrected chi connectivity index (χ0v) is 19.4. The van der Waals surface area contributed by atoms with Crippen LogP contribution in [0.4, 0.5) is 0 Å². The third-order valence-corrected chi connectivity index (χ3v) is 10.6. The zero-order valence-electron chi connectivity index (χ0n) is 19.4. The van der Waals surface area contributed by atoms with Gasteiger partial charge in [-0.15, -0.1) is 0 Å². The Morgan fingerprint density at radius 2 is 1.64 bits per heavy atom. The molecule has 4 aliphatic carbocycles. The van der Waals surface area contributed by atoms with Crippen LogP contribution < -0.4 is 0 Å². The van der Waals surface area contributed by atoms with Crippen molar-refractivity contribution in [3.8, 4) is 0 Å². The fourth-order valence-corrected chi connectivity index (χ4v) is 9.12. The molecule has 4 fully saturated rings. The molecule has 0 aliphatic heterocycles. The third kappa shape index (κ3) is 3.31. The van der Waals surface area contributed by atoms with Crippen LogP contribution in [0.2, 0.25) is 0 Å². The van der Waals surface area contributed by atoms with Crippen LogP contribution in [0.5, 0.6) is 0 Å². The van der Waals surface area contributed by atoms with Gasteiger partial charge in [0.15, 0.2) is 0 Å². The molecule has 4 saturated carbocycles. The maximum absolute atomic E-state index is 13.2. The Morgan fingerprint density at radius 1 is 0.893 bits per heavy atom. The molecule has 28 heavy (non-hydrogen) atoms. The topological polar surface area (TPSA) is 17.1 Å². The lowest BCUT2D eigenvalue weighted by Crippen LogP contribution is -2.56. The first-order chi connectivity index (χ1) is 13.3. The average molecular weight is 387 g/mol. The molecule has 0 N–H and O–H groups in total. The predicted molar refractivity (Wildman–Crippen MR) is 118 cm³/mol. The Hall–Kier alpha value is -0.330. The zero-order chi connectivity index (χ0) is 20.1. The first-order valence-electron chi connectivity index (χ1n) is 12.8. The van der Waals surface area contributed by atoms with Crippen molar-refractivity contribution in [1.82, 2.24) is 0 Å². The first-order valence-corrected chi connectivity index (χ1v) is 12.8. The molecule has 0 radical (unpaired) electrons. The fraction of sp³-hybridized carbons (Fsp3) is 0.963. The van der Waals surface area contributed by atoms with Gasteiger partial charge in [0.05, 0.1) is 0 Å². The highest BCUT2D eigenvalue weighted by molar-refractivity contribution is 5.83. The van der Waals surface area contributed by atoms with Crippen molar-refractivity contribution in [2.75, 3.05) is 0 Å². The second kappa shape index (κ2) is 7.73. The van der Waals surface area contributed by atoms with Crippen molar-refractivity contribution in [2.24, 2.45) is 52.3 Å². The minimum Gasteiger partial charge on any atom is -0.299 e. The largest absolute Gasteiger partial charge is 0.299 e. The molecule has 8 atom stereocenters. The smallest absolute Gasteiger partial charge is 0.136 e. The fourth-order valence-electron chi connectivity index (χ4n) is 9.12. The monoisotopic (exact) mass is 386 g/mol. The Kier molecular flexibility index (Phi) is 5.78. The number of carbonyl (C=O) groups excluding carboxylic acids is 1. The van der Waals surface area contributed by atoms with Crippen LogP contribution in [0.15, 0.2) is 0 Å². The van der Waals surface area contributed by atoms with Crippen LogP contribution in [0.1, 0.15) is 112 Å². The average Bonchev–Trinajstić information content (AvgIpc) is 2.99. The van der Waals surface area contributed by atoms with Crippen LogP contribution in [-0.2, 0) is 4.79 Å². The van der Waals surface area contributed by atoms with Crippen LogP contribution in [0.25, 0.3) is 0 Å². The normalized spacial score (nSPS) is 46.8. The van der Waals surface area contributed by atoms with Gasteiger partial charge in [0, 0.05) is 12.3 Å². The van der Waals surface area contributed by atoms with E-state index in [1.165, 1.54) is 70.6 Å². The number of ketones is 1. The van der Waals surface area contributed by atoms with Gasteiger partial charge in [-0.1, -0.05) is 66.7 Å². The van der Waals surface area contributed by atoms with E-state index in [1.54, 1.807) is 0 Å². The van der Waals surface area contributed by atoms with E-state index in [0.717, 1.165) is 36.0 Å². The minimum absolute atomic E-state index is 0.334. The highest BCUT2D eigenvalue weighted by atomic mass is 16.1. The Labute approximate surface area is 174 Å². The molecule has 0 bridgehead atoms. The van der Waals surface area contributed by atoms with Gasteiger partial charge in [-0.3, -0.25) is 4.79 Å². The third-order valence-electron chi connectivity index (χ3n) is 10.6. The summed E-state index contributed by atoms with van der Waals surface area (Å²) in [6.45, 7) is 12.4. The summed E-state index contributed by atoms with van der Waals surface area (Å²) in [5.41, 5.74) is 0.844. The molecule has 4 aliphatic rings. The Morgan fingerprint density at radius 3 is 2.39 bits per heavy atom. The van der Waals surface area contributed by atoms with Gasteiger partial charge in [-0.2, -0.15) is 0 Å². The van der Waals surface area contributed by atoms with E-state index >= 15 is 0 Å². The molecule has 2 unspecified atom stereocenters. The van der Waals surface area contributed by atoms with E-state index in [-0.39, 0.29) is 0 Å². The highest BCUT2D eigenvalue weighted by Crippen LogP contribution is 2.67. The summed E-state index contributed by atoms with van der Waals surface area (Å²) < 4.78 is 0. The molecule has 4 rings (SSSR count). The van der Waals surface area contributed by atoms with Crippen LogP contribution in [0.3, 0.4) is 0 Å². The molecule has 0 aromatic heterocycles. The van der Waals surface area contributed by atoms with Crippen LogP contribution in [-0.4, -0.2) is 5.78 Å². The first kappa shape index (κ1) is 20.9. The van der Waals surface area contributed by atoms with E-state index in [2.05, 4.69) is 34.6 Å². The number of hydrogen-bond acceptors (Lipinski definition) is 1. The summed E-state index contributed by atoms with van der Waals surface area (Å²) in [5.74, 6) is 6.03. The summed E-state index contributed by atoms with van der Waals surface area (Å²) in [6.07, 6.45) is 16.0. The number of hydrogen-bond donors (Lipinski definition) is 0. The number of Topliss-reactive ketones (excluding diaryl/α,β-unsaturated/α-hetero) is 1. The van der Waals surface area contributed by atoms with Crippen LogP contribution in [0, 0.1) is 52.3 Å². The molecule has 0 aromatic rings. The van der Waals surface area contributed by atoms with Crippen molar-refractivity contribution < 1.29 is 4.79 Å². The SMILES string of the molecule is CC(C)CCCC(C)[C@H]1CC[C@H]2[C@@H]3CC(=O)C4CCCC[C@]4(C)[C@H]3CC[C@]12C. The lowest BCUT2D eigenvalue weighted by atomic mass is 9.44. The molecule has 0 aromatic carbocycles. The van der Waals surface area contributed by atoms with Crippen molar-refractivity contribution in [1.29, 1.82) is 0 Å². The lowest BCUT2D eigenvalue weighted by Gasteiger charge is -2.60. The molecular formula is C27H46O. The lowest BCUT2D eigenvalue weighted by molar-refractivity contribution is -0.154. The van der Waals surface area contributed by atoms with Crippen molar-refractivity contribution in [2.45, 2.75) is 112 Å². The number of fused-ring (bicyclic) bond motifs is 5.